The predicted octanol–water partition coefficient (Wildman–Crippen LogP) is 3.74. The average molecular weight is 272 g/mol. The number of ether oxygens (including phenoxy) is 1. The Balaban J connectivity index is 2.17. The minimum Gasteiger partial charge on any atom is -0.438 e. The lowest BCUT2D eigenvalue weighted by Gasteiger charge is -2.07. The van der Waals surface area contributed by atoms with Crippen LogP contribution in [0.1, 0.15) is 11.3 Å². The number of benzene rings is 1. The Bertz CT molecular complexity index is 581. The topological polar surface area (TPSA) is 35.0 Å². The maximum Gasteiger partial charge on any atom is 0.435 e. The number of alkyl halides is 3. The third-order valence-electron chi connectivity index (χ3n) is 2.28. The fourth-order valence-corrected chi connectivity index (χ4v) is 1.33. The molecule has 0 unspecified atom stereocenters. The summed E-state index contributed by atoms with van der Waals surface area (Å²) in [7, 11) is 0. The largest absolute Gasteiger partial charge is 0.438 e. The second-order valence-electron chi connectivity index (χ2n) is 3.77. The lowest BCUT2D eigenvalue weighted by Crippen LogP contribution is -2.08. The van der Waals surface area contributed by atoms with Gasteiger partial charge in [0.2, 0.25) is 5.88 Å². The molecule has 100 valence electrons. The molecule has 0 radical (unpaired) electrons. The minimum absolute atomic E-state index is 0.0981. The summed E-state index contributed by atoms with van der Waals surface area (Å²) >= 11 is 0. The van der Waals surface area contributed by atoms with Gasteiger partial charge in [-0.15, -0.1) is 10.2 Å². The molecule has 0 bridgehead atoms. The van der Waals surface area contributed by atoms with E-state index in [0.29, 0.717) is 5.56 Å². The van der Waals surface area contributed by atoms with Crippen molar-refractivity contribution in [2.45, 2.75) is 13.1 Å². The zero-order valence-electron chi connectivity index (χ0n) is 9.70. The highest BCUT2D eigenvalue weighted by molar-refractivity contribution is 5.31. The standard InChI is InChI=1S/C12H8F4N2O/c1-7-6-8(2-3-9(7)13)19-11-5-4-10(17-18-11)12(14,15)16/h2-6H,1H3. The van der Waals surface area contributed by atoms with E-state index in [-0.39, 0.29) is 11.6 Å². The van der Waals surface area contributed by atoms with Crippen LogP contribution in [0.4, 0.5) is 17.6 Å². The summed E-state index contributed by atoms with van der Waals surface area (Å²) in [5.41, 5.74) is -0.743. The first-order valence-electron chi connectivity index (χ1n) is 5.21. The molecule has 0 aliphatic rings. The van der Waals surface area contributed by atoms with E-state index in [1.54, 1.807) is 6.92 Å². The van der Waals surface area contributed by atoms with Gasteiger partial charge in [0, 0.05) is 6.07 Å². The van der Waals surface area contributed by atoms with E-state index < -0.39 is 17.7 Å². The molecule has 1 aromatic heterocycles. The van der Waals surface area contributed by atoms with E-state index >= 15 is 0 Å². The van der Waals surface area contributed by atoms with Crippen molar-refractivity contribution in [1.29, 1.82) is 0 Å². The third kappa shape index (κ3) is 3.18. The van der Waals surface area contributed by atoms with Crippen molar-refractivity contribution < 1.29 is 22.3 Å². The maximum absolute atomic E-state index is 13.0. The second-order valence-corrected chi connectivity index (χ2v) is 3.77. The van der Waals surface area contributed by atoms with Crippen LogP contribution in [-0.2, 0) is 6.18 Å². The molecular weight excluding hydrogens is 264 g/mol. The van der Waals surface area contributed by atoms with Crippen LogP contribution in [0.15, 0.2) is 30.3 Å². The molecule has 0 amide bonds. The Labute approximate surface area is 105 Å². The van der Waals surface area contributed by atoms with Gasteiger partial charge in [0.15, 0.2) is 5.69 Å². The molecule has 0 saturated carbocycles. The number of aromatic nitrogens is 2. The first kappa shape index (κ1) is 13.3. The molecule has 0 aliphatic heterocycles. The average Bonchev–Trinajstić information content (AvgIpc) is 2.33. The number of hydrogen-bond acceptors (Lipinski definition) is 3. The molecule has 1 aromatic carbocycles. The van der Waals surface area contributed by atoms with E-state index in [4.69, 9.17) is 4.74 Å². The Morgan fingerprint density at radius 1 is 1.05 bits per heavy atom. The molecule has 2 aromatic rings. The molecule has 3 nitrogen and oxygen atoms in total. The van der Waals surface area contributed by atoms with Gasteiger partial charge in [-0.25, -0.2) is 4.39 Å². The van der Waals surface area contributed by atoms with Gasteiger partial charge in [-0.3, -0.25) is 0 Å². The van der Waals surface area contributed by atoms with Gasteiger partial charge in [0.1, 0.15) is 11.6 Å². The summed E-state index contributed by atoms with van der Waals surface area (Å²) in [6.07, 6.45) is -4.54. The third-order valence-corrected chi connectivity index (χ3v) is 2.28. The molecule has 7 heteroatoms. The summed E-state index contributed by atoms with van der Waals surface area (Å²) in [6, 6.07) is 5.77. The number of rotatable bonds is 2. The lowest BCUT2D eigenvalue weighted by molar-refractivity contribution is -0.141. The van der Waals surface area contributed by atoms with Gasteiger partial charge >= 0.3 is 6.18 Å². The van der Waals surface area contributed by atoms with Crippen LogP contribution in [0.3, 0.4) is 0 Å². The van der Waals surface area contributed by atoms with Crippen molar-refractivity contribution in [2.75, 3.05) is 0 Å². The maximum atomic E-state index is 13.0. The van der Waals surface area contributed by atoms with E-state index in [2.05, 4.69) is 10.2 Å². The molecule has 19 heavy (non-hydrogen) atoms. The first-order valence-corrected chi connectivity index (χ1v) is 5.21. The Hall–Kier alpha value is -2.18. The van der Waals surface area contributed by atoms with Gasteiger partial charge < -0.3 is 4.74 Å². The smallest absolute Gasteiger partial charge is 0.435 e. The minimum atomic E-state index is -4.54. The molecule has 0 spiro atoms. The Kier molecular flexibility index (Phi) is 3.37. The van der Waals surface area contributed by atoms with Crippen LogP contribution < -0.4 is 4.74 Å². The molecule has 0 aliphatic carbocycles. The summed E-state index contributed by atoms with van der Waals surface area (Å²) in [6.45, 7) is 1.54. The number of hydrogen-bond donors (Lipinski definition) is 0. The number of aryl methyl sites for hydroxylation is 1. The summed E-state index contributed by atoms with van der Waals surface area (Å²) in [4.78, 5) is 0. The van der Waals surface area contributed by atoms with Gasteiger partial charge in [-0.1, -0.05) is 0 Å². The van der Waals surface area contributed by atoms with Gasteiger partial charge in [-0.05, 0) is 36.8 Å². The van der Waals surface area contributed by atoms with Gasteiger partial charge in [-0.2, -0.15) is 13.2 Å². The molecule has 2 rings (SSSR count). The van der Waals surface area contributed by atoms with Crippen LogP contribution in [0.25, 0.3) is 0 Å². The van der Waals surface area contributed by atoms with Crippen LogP contribution in [-0.4, -0.2) is 10.2 Å². The quantitative estimate of drug-likeness (QED) is 0.781. The fraction of sp³-hybridized carbons (Fsp3) is 0.167. The summed E-state index contributed by atoms with van der Waals surface area (Å²) < 4.78 is 55.0. The van der Waals surface area contributed by atoms with Crippen LogP contribution in [0.5, 0.6) is 11.6 Å². The molecule has 1 heterocycles. The highest BCUT2D eigenvalue weighted by Gasteiger charge is 2.32. The zero-order chi connectivity index (χ0) is 14.0. The first-order chi connectivity index (χ1) is 8.86. The number of nitrogens with zero attached hydrogens (tertiary/aromatic N) is 2. The lowest BCUT2D eigenvalue weighted by atomic mass is 10.2. The van der Waals surface area contributed by atoms with Crippen LogP contribution >= 0.6 is 0 Å². The van der Waals surface area contributed by atoms with Crippen molar-refractivity contribution in [1.82, 2.24) is 10.2 Å². The van der Waals surface area contributed by atoms with Crippen molar-refractivity contribution in [2.24, 2.45) is 0 Å². The van der Waals surface area contributed by atoms with Gasteiger partial charge in [0.25, 0.3) is 0 Å². The van der Waals surface area contributed by atoms with E-state index in [1.807, 2.05) is 0 Å². The number of halogens is 4. The van der Waals surface area contributed by atoms with E-state index in [9.17, 15) is 17.6 Å². The molecule has 0 saturated heterocycles. The highest BCUT2D eigenvalue weighted by Crippen LogP contribution is 2.28. The van der Waals surface area contributed by atoms with Crippen molar-refractivity contribution in [3.63, 3.8) is 0 Å². The normalized spacial score (nSPS) is 11.4. The zero-order valence-corrected chi connectivity index (χ0v) is 9.70. The fourth-order valence-electron chi connectivity index (χ4n) is 1.33. The van der Waals surface area contributed by atoms with Crippen LogP contribution in [0.2, 0.25) is 0 Å². The Morgan fingerprint density at radius 3 is 2.32 bits per heavy atom. The second kappa shape index (κ2) is 4.83. The monoisotopic (exact) mass is 272 g/mol. The van der Waals surface area contributed by atoms with E-state index in [0.717, 1.165) is 12.1 Å². The summed E-state index contributed by atoms with van der Waals surface area (Å²) in [5.74, 6) is -0.224. The highest BCUT2D eigenvalue weighted by atomic mass is 19.4. The van der Waals surface area contributed by atoms with Gasteiger partial charge in [0.05, 0.1) is 0 Å². The van der Waals surface area contributed by atoms with Crippen molar-refractivity contribution >= 4 is 0 Å². The van der Waals surface area contributed by atoms with E-state index in [1.165, 1.54) is 18.2 Å². The molecule has 0 fully saturated rings. The van der Waals surface area contributed by atoms with Crippen LogP contribution in [0, 0.1) is 12.7 Å². The summed E-state index contributed by atoms with van der Waals surface area (Å²) in [5, 5.41) is 6.32. The molecule has 0 N–H and O–H groups in total. The molecular formula is C12H8F4N2O. The SMILES string of the molecule is Cc1cc(Oc2ccc(C(F)(F)F)nn2)ccc1F. The van der Waals surface area contributed by atoms with Crippen molar-refractivity contribution in [3.05, 3.63) is 47.4 Å². The predicted molar refractivity (Wildman–Crippen MR) is 58.2 cm³/mol. The Morgan fingerprint density at radius 2 is 1.79 bits per heavy atom. The van der Waals surface area contributed by atoms with Crippen molar-refractivity contribution in [3.8, 4) is 11.6 Å². The molecule has 0 atom stereocenters.